The van der Waals surface area contributed by atoms with E-state index in [0.717, 1.165) is 21.8 Å². The molecule has 0 amide bonds. The number of hydrogen-bond donors (Lipinski definition) is 1. The molecule has 146 valence electrons. The molecule has 0 atom stereocenters. The summed E-state index contributed by atoms with van der Waals surface area (Å²) in [5.41, 5.74) is 2.91. The lowest BCUT2D eigenvalue weighted by Gasteiger charge is -2.24. The third-order valence-corrected chi connectivity index (χ3v) is 5.28. The van der Waals surface area contributed by atoms with Gasteiger partial charge in [0.15, 0.2) is 0 Å². The van der Waals surface area contributed by atoms with Crippen molar-refractivity contribution >= 4 is 11.8 Å². The Bertz CT molecular complexity index is 838. The third-order valence-electron chi connectivity index (χ3n) is 4.12. The second-order valence-corrected chi connectivity index (χ2v) is 9.63. The number of rotatable bonds is 7. The minimum Gasteiger partial charge on any atom is -0.506 e. The number of pyridine rings is 2. The first-order chi connectivity index (χ1) is 13.4. The van der Waals surface area contributed by atoms with Gasteiger partial charge >= 0.3 is 0 Å². The van der Waals surface area contributed by atoms with E-state index in [4.69, 9.17) is 0 Å². The van der Waals surface area contributed by atoms with Crippen molar-refractivity contribution in [3.8, 4) is 5.75 Å². The Morgan fingerprint density at radius 3 is 1.93 bits per heavy atom. The van der Waals surface area contributed by atoms with Crippen LogP contribution in [-0.4, -0.2) is 24.7 Å². The Morgan fingerprint density at radius 2 is 1.43 bits per heavy atom. The first-order valence-electron chi connectivity index (χ1n) is 9.43. The van der Waals surface area contributed by atoms with Crippen LogP contribution in [0.1, 0.15) is 37.7 Å². The fraction of sp³-hybridized carbons (Fsp3) is 0.304. The predicted octanol–water partition coefficient (Wildman–Crippen LogP) is 5.28. The van der Waals surface area contributed by atoms with E-state index in [0.29, 0.717) is 25.4 Å². The lowest BCUT2D eigenvalue weighted by molar-refractivity contribution is 0.238. The van der Waals surface area contributed by atoms with Gasteiger partial charge in [-0.2, -0.15) is 0 Å². The Kier molecular flexibility index (Phi) is 6.70. The molecule has 0 bridgehead atoms. The van der Waals surface area contributed by atoms with Gasteiger partial charge in [-0.25, -0.2) is 0 Å². The Balaban J connectivity index is 1.83. The molecule has 0 radical (unpaired) electrons. The topological polar surface area (TPSA) is 49.2 Å². The fourth-order valence-electron chi connectivity index (χ4n) is 2.96. The second-order valence-electron chi connectivity index (χ2n) is 7.77. The largest absolute Gasteiger partial charge is 0.506 e. The summed E-state index contributed by atoms with van der Waals surface area (Å²) >= 11 is 1.68. The molecule has 0 saturated heterocycles. The number of hydrogen-bond acceptors (Lipinski definition) is 5. The van der Waals surface area contributed by atoms with Crippen molar-refractivity contribution in [3.05, 3.63) is 83.9 Å². The summed E-state index contributed by atoms with van der Waals surface area (Å²) in [4.78, 5) is 12.1. The molecule has 0 spiro atoms. The molecule has 1 aromatic carbocycles. The second kappa shape index (κ2) is 9.22. The summed E-state index contributed by atoms with van der Waals surface area (Å²) in [7, 11) is 0. The highest BCUT2D eigenvalue weighted by Crippen LogP contribution is 2.39. The minimum absolute atomic E-state index is 0.0394. The summed E-state index contributed by atoms with van der Waals surface area (Å²) in [5, 5.41) is 10.9. The number of benzene rings is 1. The van der Waals surface area contributed by atoms with Crippen LogP contribution in [0.15, 0.2) is 71.9 Å². The zero-order chi connectivity index (χ0) is 20.0. The lowest BCUT2D eigenvalue weighted by atomic mass is 10.1. The number of thioether (sulfide) groups is 1. The summed E-state index contributed by atoms with van der Waals surface area (Å²) in [6.45, 7) is 8.45. The van der Waals surface area contributed by atoms with Crippen LogP contribution in [0.3, 0.4) is 0 Å². The summed E-state index contributed by atoms with van der Waals surface area (Å²) in [5.74, 6) is 0.370. The SMILES string of the molecule is CC(C)(C)Sc1cccc(CN(Cc2ccccn2)Cc2ccccn2)c1O. The molecule has 0 unspecified atom stereocenters. The summed E-state index contributed by atoms with van der Waals surface area (Å²) < 4.78 is 0.0394. The summed E-state index contributed by atoms with van der Waals surface area (Å²) in [6.07, 6.45) is 3.62. The van der Waals surface area contributed by atoms with Crippen molar-refractivity contribution in [2.24, 2.45) is 0 Å². The number of nitrogens with zero attached hydrogens (tertiary/aromatic N) is 3. The molecule has 28 heavy (non-hydrogen) atoms. The number of aromatic hydroxyl groups is 1. The van der Waals surface area contributed by atoms with Crippen molar-refractivity contribution in [2.45, 2.75) is 50.0 Å². The molecule has 0 aliphatic carbocycles. The highest BCUT2D eigenvalue weighted by molar-refractivity contribution is 8.00. The van der Waals surface area contributed by atoms with Gasteiger partial charge in [0.05, 0.1) is 11.4 Å². The monoisotopic (exact) mass is 393 g/mol. The molecular weight excluding hydrogens is 366 g/mol. The van der Waals surface area contributed by atoms with Crippen molar-refractivity contribution in [2.75, 3.05) is 0 Å². The zero-order valence-corrected chi connectivity index (χ0v) is 17.5. The number of phenols is 1. The molecule has 3 rings (SSSR count). The highest BCUT2D eigenvalue weighted by atomic mass is 32.2. The first-order valence-corrected chi connectivity index (χ1v) is 10.2. The van der Waals surface area contributed by atoms with Gasteiger partial charge in [0.2, 0.25) is 0 Å². The molecular formula is C23H27N3OS. The van der Waals surface area contributed by atoms with E-state index in [9.17, 15) is 5.11 Å². The maximum absolute atomic E-state index is 10.9. The van der Waals surface area contributed by atoms with Crippen molar-refractivity contribution in [3.63, 3.8) is 0 Å². The molecule has 0 aliphatic heterocycles. The van der Waals surface area contributed by atoms with Crippen LogP contribution in [-0.2, 0) is 19.6 Å². The van der Waals surface area contributed by atoms with Gasteiger partial charge in [0.1, 0.15) is 5.75 Å². The average molecular weight is 394 g/mol. The van der Waals surface area contributed by atoms with E-state index in [-0.39, 0.29) is 4.75 Å². The van der Waals surface area contributed by atoms with E-state index in [2.05, 4.69) is 35.6 Å². The van der Waals surface area contributed by atoms with Gasteiger partial charge in [0, 0.05) is 47.2 Å². The van der Waals surface area contributed by atoms with Gasteiger partial charge in [-0.3, -0.25) is 14.9 Å². The van der Waals surface area contributed by atoms with Gasteiger partial charge in [-0.15, -0.1) is 11.8 Å². The average Bonchev–Trinajstić information content (AvgIpc) is 2.65. The molecule has 3 aromatic rings. The summed E-state index contributed by atoms with van der Waals surface area (Å²) in [6, 6.07) is 17.9. The fourth-order valence-corrected chi connectivity index (χ4v) is 3.99. The quantitative estimate of drug-likeness (QED) is 0.554. The number of para-hydroxylation sites is 1. The van der Waals surface area contributed by atoms with Crippen LogP contribution < -0.4 is 0 Å². The molecule has 2 heterocycles. The smallest absolute Gasteiger partial charge is 0.133 e. The molecule has 2 aromatic heterocycles. The van der Waals surface area contributed by atoms with Gasteiger partial charge in [0.25, 0.3) is 0 Å². The molecule has 0 fully saturated rings. The van der Waals surface area contributed by atoms with Crippen LogP contribution in [0.2, 0.25) is 0 Å². The Hall–Kier alpha value is -2.37. The van der Waals surface area contributed by atoms with Crippen LogP contribution in [0, 0.1) is 0 Å². The lowest BCUT2D eigenvalue weighted by Crippen LogP contribution is -2.23. The van der Waals surface area contributed by atoms with E-state index in [1.54, 1.807) is 11.8 Å². The maximum atomic E-state index is 10.9. The minimum atomic E-state index is 0.0394. The van der Waals surface area contributed by atoms with Crippen molar-refractivity contribution in [1.82, 2.24) is 14.9 Å². The van der Waals surface area contributed by atoms with Gasteiger partial charge < -0.3 is 5.11 Å². The van der Waals surface area contributed by atoms with E-state index < -0.39 is 0 Å². The zero-order valence-electron chi connectivity index (χ0n) is 16.7. The molecule has 4 nitrogen and oxygen atoms in total. The van der Waals surface area contributed by atoms with Crippen LogP contribution in [0.4, 0.5) is 0 Å². The predicted molar refractivity (Wildman–Crippen MR) is 115 cm³/mol. The van der Waals surface area contributed by atoms with Gasteiger partial charge in [-0.1, -0.05) is 45.0 Å². The maximum Gasteiger partial charge on any atom is 0.133 e. The number of aromatic nitrogens is 2. The molecule has 5 heteroatoms. The molecule has 0 aliphatic rings. The van der Waals surface area contributed by atoms with E-state index in [1.807, 2.05) is 67.0 Å². The first kappa shape index (κ1) is 20.4. The molecule has 1 N–H and O–H groups in total. The van der Waals surface area contributed by atoms with Crippen molar-refractivity contribution in [1.29, 1.82) is 0 Å². The van der Waals surface area contributed by atoms with E-state index >= 15 is 0 Å². The Labute approximate surface area is 171 Å². The van der Waals surface area contributed by atoms with Crippen LogP contribution in [0.5, 0.6) is 5.75 Å². The van der Waals surface area contributed by atoms with Crippen LogP contribution >= 0.6 is 11.8 Å². The number of phenolic OH excluding ortho intramolecular Hbond substituents is 1. The van der Waals surface area contributed by atoms with Crippen molar-refractivity contribution < 1.29 is 5.11 Å². The van der Waals surface area contributed by atoms with Gasteiger partial charge in [-0.05, 0) is 30.3 Å². The normalized spacial score (nSPS) is 11.7. The standard InChI is InChI=1S/C23H27N3OS/c1-23(2,3)28-21-12-8-9-18(22(21)27)15-26(16-19-10-4-6-13-24-19)17-20-11-5-7-14-25-20/h4-14,27H,15-17H2,1-3H3. The van der Waals surface area contributed by atoms with E-state index in [1.165, 1.54) is 0 Å². The third kappa shape index (κ3) is 6.08. The highest BCUT2D eigenvalue weighted by Gasteiger charge is 2.18. The Morgan fingerprint density at radius 1 is 0.821 bits per heavy atom. The molecule has 0 saturated carbocycles. The van der Waals surface area contributed by atoms with Crippen LogP contribution in [0.25, 0.3) is 0 Å².